The number of benzene rings is 1. The minimum atomic E-state index is -3.55. The van der Waals surface area contributed by atoms with Crippen molar-refractivity contribution in [1.82, 2.24) is 19.9 Å². The van der Waals surface area contributed by atoms with E-state index in [-0.39, 0.29) is 23.8 Å². The van der Waals surface area contributed by atoms with Crippen LogP contribution in [-0.2, 0) is 30.8 Å². The fraction of sp³-hybridized carbons (Fsp3) is 0.346. The molecule has 1 aliphatic rings. The first-order valence-electron chi connectivity index (χ1n) is 12.8. The van der Waals surface area contributed by atoms with Crippen molar-refractivity contribution in [2.75, 3.05) is 51.0 Å². The van der Waals surface area contributed by atoms with Crippen LogP contribution in [0.5, 0.6) is 0 Å². The molecule has 3 aromatic heterocycles. The van der Waals surface area contributed by atoms with Gasteiger partial charge in [0.1, 0.15) is 21.2 Å². The molecule has 0 radical (unpaired) electrons. The third-order valence-corrected chi connectivity index (χ3v) is 9.98. The number of likely N-dealkylation sites (N-methyl/N-ethyl adjacent to an activating group) is 1. The number of anilines is 2. The first kappa shape index (κ1) is 29.0. The summed E-state index contributed by atoms with van der Waals surface area (Å²) in [6, 6.07) is 9.71. The quantitative estimate of drug-likeness (QED) is 0.180. The molecule has 41 heavy (non-hydrogen) atoms. The summed E-state index contributed by atoms with van der Waals surface area (Å²) in [5, 5.41) is 12.4. The summed E-state index contributed by atoms with van der Waals surface area (Å²) in [6.45, 7) is 2.28. The van der Waals surface area contributed by atoms with Gasteiger partial charge in [-0.2, -0.15) is 0 Å². The molecule has 216 valence electrons. The van der Waals surface area contributed by atoms with Crippen LogP contribution in [0.2, 0.25) is 0 Å². The molecule has 0 spiro atoms. The fourth-order valence-corrected chi connectivity index (χ4v) is 6.92. The van der Waals surface area contributed by atoms with E-state index in [1.54, 1.807) is 18.3 Å². The maximum atomic E-state index is 13.4. The second kappa shape index (κ2) is 13.0. The highest BCUT2D eigenvalue weighted by atomic mass is 32.2. The smallest absolute Gasteiger partial charge is 0.280 e. The largest absolute Gasteiger partial charge is 0.388 e. The Morgan fingerprint density at radius 1 is 1.20 bits per heavy atom. The zero-order valence-electron chi connectivity index (χ0n) is 22.4. The van der Waals surface area contributed by atoms with Crippen molar-refractivity contribution in [2.24, 2.45) is 5.16 Å². The molecule has 0 unspecified atom stereocenters. The zero-order chi connectivity index (χ0) is 28.8. The third kappa shape index (κ3) is 7.23. The van der Waals surface area contributed by atoms with Crippen molar-refractivity contribution in [3.8, 4) is 0 Å². The second-order valence-corrected chi connectivity index (χ2v) is 13.6. The Hall–Kier alpha value is -3.50. The molecule has 1 aliphatic heterocycles. The summed E-state index contributed by atoms with van der Waals surface area (Å²) in [5.41, 5.74) is 0.996. The van der Waals surface area contributed by atoms with Gasteiger partial charge in [-0.15, -0.1) is 11.3 Å². The monoisotopic (exact) mass is 615 g/mol. The second-order valence-electron chi connectivity index (χ2n) is 9.42. The Morgan fingerprint density at radius 3 is 2.73 bits per heavy atom. The highest BCUT2D eigenvalue weighted by Gasteiger charge is 2.31. The van der Waals surface area contributed by atoms with E-state index in [0.717, 1.165) is 18.9 Å². The average molecular weight is 616 g/mol. The number of sulfone groups is 1. The van der Waals surface area contributed by atoms with Crippen molar-refractivity contribution < 1.29 is 22.8 Å². The van der Waals surface area contributed by atoms with E-state index in [9.17, 15) is 13.2 Å². The number of carbonyl (C=O) groups excluding carboxylic acids is 1. The standard InChI is InChI=1S/C26H29N7O5S3/c1-33(2)12-10-27-21-8-7-20-25(30-21)40-26(29-20)31-24(34)23(32-38-16-22-28-11-14-39-22)17-3-5-18(6-4-17)41(35,36)19-9-13-37-15-19/h3-8,11,14,19H,9-10,12-13,15-16H2,1-2H3,(H,27,30)(H,29,31,34)/t19-/m0/s1. The van der Waals surface area contributed by atoms with Crippen LogP contribution in [0.25, 0.3) is 10.3 Å². The summed E-state index contributed by atoms with van der Waals surface area (Å²) in [6.07, 6.45) is 2.11. The minimum Gasteiger partial charge on any atom is -0.388 e. The van der Waals surface area contributed by atoms with Crippen LogP contribution in [0.1, 0.15) is 17.0 Å². The molecule has 1 atom stereocenters. The topological polar surface area (TPSA) is 148 Å². The molecule has 1 saturated heterocycles. The third-order valence-electron chi connectivity index (χ3n) is 6.17. The van der Waals surface area contributed by atoms with Crippen LogP contribution in [0.4, 0.5) is 10.9 Å². The summed E-state index contributed by atoms with van der Waals surface area (Å²) in [5.74, 6) is 0.158. The van der Waals surface area contributed by atoms with Crippen LogP contribution in [0.3, 0.4) is 0 Å². The number of pyridine rings is 1. The van der Waals surface area contributed by atoms with Gasteiger partial charge in [-0.1, -0.05) is 28.6 Å². The minimum absolute atomic E-state index is 0.0343. The highest BCUT2D eigenvalue weighted by Crippen LogP contribution is 2.26. The number of rotatable bonds is 12. The maximum absolute atomic E-state index is 13.4. The van der Waals surface area contributed by atoms with Gasteiger partial charge in [0.2, 0.25) is 0 Å². The lowest BCUT2D eigenvalue weighted by Crippen LogP contribution is -2.25. The number of hydrogen-bond acceptors (Lipinski definition) is 13. The van der Waals surface area contributed by atoms with Gasteiger partial charge in [0, 0.05) is 36.8 Å². The lowest BCUT2D eigenvalue weighted by Gasteiger charge is -2.11. The van der Waals surface area contributed by atoms with E-state index in [1.807, 2.05) is 31.6 Å². The molecule has 2 N–H and O–H groups in total. The van der Waals surface area contributed by atoms with E-state index >= 15 is 0 Å². The number of amides is 1. The Morgan fingerprint density at radius 2 is 2.02 bits per heavy atom. The van der Waals surface area contributed by atoms with Gasteiger partial charge in [0.15, 0.2) is 27.3 Å². The molecular formula is C26H29N7O5S3. The molecule has 4 heterocycles. The van der Waals surface area contributed by atoms with Crippen molar-refractivity contribution in [1.29, 1.82) is 0 Å². The average Bonchev–Trinajstić information content (AvgIpc) is 3.73. The van der Waals surface area contributed by atoms with Crippen molar-refractivity contribution in [3.63, 3.8) is 0 Å². The lowest BCUT2D eigenvalue weighted by molar-refractivity contribution is -0.110. The van der Waals surface area contributed by atoms with Crippen LogP contribution in [-0.4, -0.2) is 85.5 Å². The molecule has 0 aliphatic carbocycles. The van der Waals surface area contributed by atoms with Gasteiger partial charge in [0.05, 0.1) is 16.8 Å². The number of fused-ring (bicyclic) bond motifs is 1. The number of nitrogens with zero attached hydrogens (tertiary/aromatic N) is 5. The number of hydrogen-bond donors (Lipinski definition) is 2. The van der Waals surface area contributed by atoms with E-state index in [2.05, 4.69) is 35.6 Å². The van der Waals surface area contributed by atoms with E-state index in [4.69, 9.17) is 9.57 Å². The van der Waals surface area contributed by atoms with Gasteiger partial charge in [0.25, 0.3) is 5.91 Å². The molecule has 12 nitrogen and oxygen atoms in total. The number of carbonyl (C=O) groups is 1. The molecule has 1 aromatic carbocycles. The Kier molecular flexibility index (Phi) is 9.19. The van der Waals surface area contributed by atoms with Gasteiger partial charge in [-0.25, -0.2) is 23.4 Å². The summed E-state index contributed by atoms with van der Waals surface area (Å²) >= 11 is 2.64. The Bertz CT molecular complexity index is 1610. The predicted molar refractivity (Wildman–Crippen MR) is 159 cm³/mol. The predicted octanol–water partition coefficient (Wildman–Crippen LogP) is 3.24. The zero-order valence-corrected chi connectivity index (χ0v) is 24.9. The molecule has 1 amide bonds. The van der Waals surface area contributed by atoms with Crippen molar-refractivity contribution >= 4 is 65.4 Å². The maximum Gasteiger partial charge on any atom is 0.280 e. The number of oxime groups is 1. The number of nitrogens with one attached hydrogen (secondary N) is 2. The van der Waals surface area contributed by atoms with Gasteiger partial charge in [-0.05, 0) is 44.8 Å². The van der Waals surface area contributed by atoms with Crippen LogP contribution >= 0.6 is 22.7 Å². The first-order valence-corrected chi connectivity index (χ1v) is 16.0. The van der Waals surface area contributed by atoms with Crippen LogP contribution < -0.4 is 10.6 Å². The summed E-state index contributed by atoms with van der Waals surface area (Å²) in [7, 11) is 0.449. The Labute approximate surface area is 245 Å². The molecule has 15 heteroatoms. The number of aromatic nitrogens is 3. The first-order chi connectivity index (χ1) is 19.8. The molecule has 0 saturated carbocycles. The number of thiazole rings is 2. The number of ether oxygens (including phenoxy) is 1. The van der Waals surface area contributed by atoms with Crippen LogP contribution in [0.15, 0.2) is 58.0 Å². The van der Waals surface area contributed by atoms with E-state index < -0.39 is 21.0 Å². The van der Waals surface area contributed by atoms with E-state index in [0.29, 0.717) is 39.1 Å². The summed E-state index contributed by atoms with van der Waals surface area (Å²) in [4.78, 5) is 35.0. The molecule has 0 bridgehead atoms. The Balaban J connectivity index is 1.35. The lowest BCUT2D eigenvalue weighted by atomic mass is 10.1. The fourth-order valence-electron chi connectivity index (χ4n) is 3.99. The highest BCUT2D eigenvalue weighted by molar-refractivity contribution is 7.92. The van der Waals surface area contributed by atoms with Crippen molar-refractivity contribution in [2.45, 2.75) is 23.2 Å². The molecule has 1 fully saturated rings. The molecule has 4 aromatic rings. The SMILES string of the molecule is CN(C)CCNc1ccc2nc(NC(=O)C(=NOCc3nccs3)c3ccc(S(=O)(=O)[C@H]4CCOC4)cc3)sc2n1. The molecule has 5 rings (SSSR count). The van der Waals surface area contributed by atoms with Crippen molar-refractivity contribution in [3.05, 3.63) is 58.5 Å². The van der Waals surface area contributed by atoms with Gasteiger partial charge < -0.3 is 19.8 Å². The molecular weight excluding hydrogens is 587 g/mol. The van der Waals surface area contributed by atoms with E-state index in [1.165, 1.54) is 34.8 Å². The van der Waals surface area contributed by atoms with Gasteiger partial charge >= 0.3 is 0 Å². The van der Waals surface area contributed by atoms with Gasteiger partial charge in [-0.3, -0.25) is 10.1 Å². The van der Waals surface area contributed by atoms with Crippen LogP contribution in [0, 0.1) is 0 Å². The summed E-state index contributed by atoms with van der Waals surface area (Å²) < 4.78 is 31.2. The normalized spacial score (nSPS) is 15.9.